The van der Waals surface area contributed by atoms with Crippen LogP contribution in [0, 0.1) is 0 Å². The van der Waals surface area contributed by atoms with E-state index in [0.29, 0.717) is 27.2 Å². The first-order valence-electron chi connectivity index (χ1n) is 7.97. The summed E-state index contributed by atoms with van der Waals surface area (Å²) in [4.78, 5) is 23.5. The molecule has 8 nitrogen and oxygen atoms in total. The summed E-state index contributed by atoms with van der Waals surface area (Å²) in [6, 6.07) is 12.0. The number of thioether (sulfide) groups is 1. The summed E-state index contributed by atoms with van der Waals surface area (Å²) in [6.07, 6.45) is 0. The molecule has 144 valence electrons. The van der Waals surface area contributed by atoms with Gasteiger partial charge in [0.15, 0.2) is 0 Å². The Morgan fingerprint density at radius 2 is 1.93 bits per heavy atom. The maximum Gasteiger partial charge on any atom is 0.234 e. The first kappa shape index (κ1) is 20.1. The zero-order valence-corrected chi connectivity index (χ0v) is 16.8. The Kier molecular flexibility index (Phi) is 6.50. The lowest BCUT2D eigenvalue weighted by atomic mass is 10.3. The van der Waals surface area contributed by atoms with Gasteiger partial charge in [0, 0.05) is 12.6 Å². The number of benzene rings is 2. The number of hydrogen-bond acceptors (Lipinski definition) is 6. The van der Waals surface area contributed by atoms with E-state index in [9.17, 15) is 9.59 Å². The summed E-state index contributed by atoms with van der Waals surface area (Å²) < 4.78 is 1.48. The predicted molar refractivity (Wildman–Crippen MR) is 109 cm³/mol. The van der Waals surface area contributed by atoms with Gasteiger partial charge in [0.05, 0.1) is 27.2 Å². The molecule has 0 unspecified atom stereocenters. The van der Waals surface area contributed by atoms with Crippen molar-refractivity contribution in [2.24, 2.45) is 0 Å². The van der Waals surface area contributed by atoms with Crippen molar-refractivity contribution in [1.29, 1.82) is 0 Å². The van der Waals surface area contributed by atoms with E-state index in [-0.39, 0.29) is 22.6 Å². The van der Waals surface area contributed by atoms with E-state index in [1.807, 2.05) is 0 Å². The normalized spacial score (nSPS) is 10.5. The van der Waals surface area contributed by atoms with Crippen LogP contribution in [0.1, 0.15) is 6.92 Å². The number of amides is 2. The van der Waals surface area contributed by atoms with E-state index in [0.717, 1.165) is 11.8 Å². The molecule has 0 bridgehead atoms. The number of carbonyl (C=O) groups excluding carboxylic acids is 2. The molecule has 0 fully saturated rings. The average Bonchev–Trinajstić information content (AvgIpc) is 3.12. The summed E-state index contributed by atoms with van der Waals surface area (Å²) in [5.41, 5.74) is 1.70. The molecule has 0 saturated heterocycles. The maximum atomic E-state index is 12.2. The fourth-order valence-electron chi connectivity index (χ4n) is 2.27. The molecular formula is C17H14Cl2N6O2S. The molecular weight excluding hydrogens is 423 g/mol. The van der Waals surface area contributed by atoms with Crippen LogP contribution in [0.25, 0.3) is 5.69 Å². The number of tetrazole rings is 1. The van der Waals surface area contributed by atoms with Crippen molar-refractivity contribution in [3.8, 4) is 5.69 Å². The third-order valence-electron chi connectivity index (χ3n) is 3.41. The van der Waals surface area contributed by atoms with Crippen LogP contribution in [-0.4, -0.2) is 37.8 Å². The minimum atomic E-state index is -0.282. The largest absolute Gasteiger partial charge is 0.326 e. The summed E-state index contributed by atoms with van der Waals surface area (Å²) >= 11 is 13.2. The van der Waals surface area contributed by atoms with Gasteiger partial charge >= 0.3 is 0 Å². The average molecular weight is 437 g/mol. The maximum absolute atomic E-state index is 12.2. The highest BCUT2D eigenvalue weighted by atomic mass is 35.5. The number of nitrogens with one attached hydrogen (secondary N) is 2. The predicted octanol–water partition coefficient (Wildman–Crippen LogP) is 3.66. The molecule has 0 aliphatic rings. The van der Waals surface area contributed by atoms with E-state index in [1.54, 1.807) is 42.5 Å². The fourth-order valence-corrected chi connectivity index (χ4v) is 3.30. The Morgan fingerprint density at radius 3 is 2.71 bits per heavy atom. The van der Waals surface area contributed by atoms with Crippen LogP contribution in [0.15, 0.2) is 47.6 Å². The van der Waals surface area contributed by atoms with Gasteiger partial charge in [-0.15, -0.1) is 5.10 Å². The monoisotopic (exact) mass is 436 g/mol. The molecule has 0 aliphatic carbocycles. The minimum absolute atomic E-state index is 0.0641. The lowest BCUT2D eigenvalue weighted by Gasteiger charge is -2.09. The van der Waals surface area contributed by atoms with Gasteiger partial charge in [-0.2, -0.15) is 4.68 Å². The summed E-state index contributed by atoms with van der Waals surface area (Å²) in [6.45, 7) is 1.43. The topological polar surface area (TPSA) is 102 Å². The number of rotatable bonds is 6. The molecule has 1 aromatic heterocycles. The van der Waals surface area contributed by atoms with E-state index in [2.05, 4.69) is 26.2 Å². The van der Waals surface area contributed by atoms with Gasteiger partial charge in [-0.05, 0) is 40.8 Å². The molecule has 2 aromatic carbocycles. The highest BCUT2D eigenvalue weighted by Gasteiger charge is 2.13. The van der Waals surface area contributed by atoms with Crippen LogP contribution < -0.4 is 10.6 Å². The highest BCUT2D eigenvalue weighted by Crippen LogP contribution is 2.29. The van der Waals surface area contributed by atoms with Crippen LogP contribution in [0.5, 0.6) is 0 Å². The van der Waals surface area contributed by atoms with Gasteiger partial charge in [-0.25, -0.2) is 0 Å². The number of anilines is 2. The van der Waals surface area contributed by atoms with Gasteiger partial charge in [0.25, 0.3) is 0 Å². The van der Waals surface area contributed by atoms with Gasteiger partial charge < -0.3 is 10.6 Å². The van der Waals surface area contributed by atoms with Crippen molar-refractivity contribution in [3.05, 3.63) is 52.5 Å². The Balaban J connectivity index is 1.68. The number of nitrogens with zero attached hydrogens (tertiary/aromatic N) is 4. The molecule has 28 heavy (non-hydrogen) atoms. The van der Waals surface area contributed by atoms with E-state index >= 15 is 0 Å². The third kappa shape index (κ3) is 5.00. The Hall–Kier alpha value is -2.62. The Labute approximate surface area is 174 Å². The number of aromatic nitrogens is 4. The van der Waals surface area contributed by atoms with Crippen molar-refractivity contribution in [3.63, 3.8) is 0 Å². The molecule has 3 aromatic rings. The number of halogens is 2. The quantitative estimate of drug-likeness (QED) is 0.571. The van der Waals surface area contributed by atoms with Gasteiger partial charge in [0.1, 0.15) is 0 Å². The molecule has 3 rings (SSSR count). The van der Waals surface area contributed by atoms with Crippen molar-refractivity contribution in [1.82, 2.24) is 20.2 Å². The second-order valence-corrected chi connectivity index (χ2v) is 7.27. The zero-order chi connectivity index (χ0) is 20.1. The fraction of sp³-hybridized carbons (Fsp3) is 0.118. The summed E-state index contributed by atoms with van der Waals surface area (Å²) in [5.74, 6) is -0.398. The lowest BCUT2D eigenvalue weighted by Crippen LogP contribution is -2.15. The molecule has 2 amide bonds. The van der Waals surface area contributed by atoms with Crippen LogP contribution in [0.2, 0.25) is 10.0 Å². The smallest absolute Gasteiger partial charge is 0.234 e. The Bertz CT molecular complexity index is 1030. The third-order valence-corrected chi connectivity index (χ3v) is 5.15. The molecule has 0 atom stereocenters. The van der Waals surface area contributed by atoms with Gasteiger partial charge in [-0.3, -0.25) is 9.59 Å². The van der Waals surface area contributed by atoms with Crippen molar-refractivity contribution in [2.45, 2.75) is 12.1 Å². The first-order valence-corrected chi connectivity index (χ1v) is 9.71. The summed E-state index contributed by atoms with van der Waals surface area (Å²) in [5, 5.41) is 18.0. The Morgan fingerprint density at radius 1 is 1.14 bits per heavy atom. The van der Waals surface area contributed by atoms with Crippen molar-refractivity contribution in [2.75, 3.05) is 16.4 Å². The van der Waals surface area contributed by atoms with Crippen LogP contribution in [-0.2, 0) is 9.59 Å². The molecule has 0 aliphatic heterocycles. The standard InChI is InChI=1S/C17H14Cl2N6O2S/c1-10(26)20-11-4-2-5-12(8-11)25-17(22-23-24-25)28-9-15(27)21-14-7-3-6-13(18)16(14)19/h2-8H,9H2,1H3,(H,20,26)(H,21,27). The van der Waals surface area contributed by atoms with Crippen molar-refractivity contribution >= 4 is 58.2 Å². The molecule has 0 radical (unpaired) electrons. The van der Waals surface area contributed by atoms with E-state index in [4.69, 9.17) is 23.2 Å². The number of hydrogen-bond donors (Lipinski definition) is 2. The van der Waals surface area contributed by atoms with Gasteiger partial charge in [-0.1, -0.05) is 47.1 Å². The number of carbonyl (C=O) groups is 2. The zero-order valence-electron chi connectivity index (χ0n) is 14.5. The lowest BCUT2D eigenvalue weighted by molar-refractivity contribution is -0.114. The molecule has 11 heteroatoms. The molecule has 0 saturated carbocycles. The van der Waals surface area contributed by atoms with E-state index in [1.165, 1.54) is 11.6 Å². The molecule has 0 spiro atoms. The van der Waals surface area contributed by atoms with E-state index < -0.39 is 0 Å². The van der Waals surface area contributed by atoms with Crippen LogP contribution in [0.4, 0.5) is 11.4 Å². The first-order chi connectivity index (χ1) is 13.4. The van der Waals surface area contributed by atoms with Crippen molar-refractivity contribution < 1.29 is 9.59 Å². The second-order valence-electron chi connectivity index (χ2n) is 5.54. The van der Waals surface area contributed by atoms with Crippen LogP contribution >= 0.6 is 35.0 Å². The highest BCUT2D eigenvalue weighted by molar-refractivity contribution is 7.99. The molecule has 1 heterocycles. The SMILES string of the molecule is CC(=O)Nc1cccc(-n2nnnc2SCC(=O)Nc2cccc(Cl)c2Cl)c1. The minimum Gasteiger partial charge on any atom is -0.326 e. The summed E-state index contributed by atoms with van der Waals surface area (Å²) in [7, 11) is 0. The van der Waals surface area contributed by atoms with Gasteiger partial charge in [0.2, 0.25) is 17.0 Å². The second kappa shape index (κ2) is 9.05. The molecule has 2 N–H and O–H groups in total. The van der Waals surface area contributed by atoms with Crippen LogP contribution in [0.3, 0.4) is 0 Å².